The van der Waals surface area contributed by atoms with Gasteiger partial charge in [0, 0.05) is 0 Å². The molecule has 2 aromatic carbocycles. The van der Waals surface area contributed by atoms with Gasteiger partial charge >= 0.3 is 6.18 Å². The van der Waals surface area contributed by atoms with Crippen LogP contribution in [-0.4, -0.2) is 6.61 Å². The normalized spacial score (nSPS) is 11.4. The first kappa shape index (κ1) is 17.4. The Labute approximate surface area is 135 Å². The van der Waals surface area contributed by atoms with Crippen LogP contribution in [0.15, 0.2) is 54.6 Å². The van der Waals surface area contributed by atoms with E-state index in [4.69, 9.17) is 4.74 Å². The van der Waals surface area contributed by atoms with Crippen molar-refractivity contribution in [2.45, 2.75) is 38.3 Å². The number of hydrogen-bond acceptors (Lipinski definition) is 1. The Morgan fingerprint density at radius 2 is 1.52 bits per heavy atom. The number of alkyl halides is 3. The van der Waals surface area contributed by atoms with Gasteiger partial charge < -0.3 is 4.74 Å². The Kier molecular flexibility index (Phi) is 6.51. The highest BCUT2D eigenvalue weighted by atomic mass is 19.4. The molecule has 0 saturated carbocycles. The summed E-state index contributed by atoms with van der Waals surface area (Å²) in [6.45, 7) is 0.674. The van der Waals surface area contributed by atoms with Crippen LogP contribution in [0.4, 0.5) is 13.2 Å². The highest BCUT2D eigenvalue weighted by molar-refractivity contribution is 5.25. The molecular formula is C19H21F3O. The predicted molar refractivity (Wildman–Crippen MR) is 85.6 cm³/mol. The Hall–Kier alpha value is -1.97. The zero-order valence-corrected chi connectivity index (χ0v) is 13.0. The molecule has 23 heavy (non-hydrogen) atoms. The maximum Gasteiger partial charge on any atom is 0.416 e. The molecule has 0 aliphatic carbocycles. The van der Waals surface area contributed by atoms with Gasteiger partial charge in [0.25, 0.3) is 0 Å². The summed E-state index contributed by atoms with van der Waals surface area (Å²) in [6, 6.07) is 15.3. The zero-order valence-electron chi connectivity index (χ0n) is 13.0. The van der Waals surface area contributed by atoms with Crippen LogP contribution in [-0.2, 0) is 12.6 Å². The molecule has 0 atom stereocenters. The highest BCUT2D eigenvalue weighted by Gasteiger charge is 2.30. The van der Waals surface area contributed by atoms with E-state index in [9.17, 15) is 13.2 Å². The van der Waals surface area contributed by atoms with Crippen LogP contribution >= 0.6 is 0 Å². The maximum atomic E-state index is 12.6. The van der Waals surface area contributed by atoms with Crippen LogP contribution in [0.5, 0.6) is 5.75 Å². The molecule has 0 amide bonds. The minimum Gasteiger partial charge on any atom is -0.494 e. The zero-order chi connectivity index (χ0) is 16.5. The standard InChI is InChI=1S/C19H21F3O/c20-19(21,22)17-11-8-10-16(15-17)9-4-1-2-7-14-23-18-12-5-3-6-13-18/h3,5-6,8,10-13,15H,1-2,4,7,9,14H2. The second-order valence-corrected chi connectivity index (χ2v) is 5.52. The molecule has 0 aliphatic rings. The number of benzene rings is 2. The first-order valence-corrected chi connectivity index (χ1v) is 7.90. The third-order valence-corrected chi connectivity index (χ3v) is 3.63. The first-order valence-electron chi connectivity index (χ1n) is 7.90. The Bertz CT molecular complexity index is 579. The Balaban J connectivity index is 1.60. The molecule has 0 aliphatic heterocycles. The molecule has 0 aromatic heterocycles. The van der Waals surface area contributed by atoms with Crippen molar-refractivity contribution in [3.63, 3.8) is 0 Å². The van der Waals surface area contributed by atoms with Crippen LogP contribution < -0.4 is 4.74 Å². The fraction of sp³-hybridized carbons (Fsp3) is 0.368. The van der Waals surface area contributed by atoms with E-state index in [1.165, 1.54) is 12.1 Å². The lowest BCUT2D eigenvalue weighted by molar-refractivity contribution is -0.137. The average molecular weight is 322 g/mol. The van der Waals surface area contributed by atoms with Gasteiger partial charge in [0.1, 0.15) is 5.75 Å². The van der Waals surface area contributed by atoms with Crippen LogP contribution in [0.3, 0.4) is 0 Å². The number of rotatable bonds is 8. The van der Waals surface area contributed by atoms with Crippen LogP contribution in [0.2, 0.25) is 0 Å². The fourth-order valence-electron chi connectivity index (χ4n) is 2.39. The topological polar surface area (TPSA) is 9.23 Å². The van der Waals surface area contributed by atoms with E-state index in [0.717, 1.165) is 43.1 Å². The van der Waals surface area contributed by atoms with E-state index in [1.807, 2.05) is 30.3 Å². The molecule has 124 valence electrons. The van der Waals surface area contributed by atoms with Crippen molar-refractivity contribution in [1.82, 2.24) is 0 Å². The maximum absolute atomic E-state index is 12.6. The summed E-state index contributed by atoms with van der Waals surface area (Å²) in [4.78, 5) is 0. The molecular weight excluding hydrogens is 301 g/mol. The van der Waals surface area contributed by atoms with E-state index < -0.39 is 11.7 Å². The number of para-hydroxylation sites is 1. The molecule has 0 unspecified atom stereocenters. The van der Waals surface area contributed by atoms with Crippen molar-refractivity contribution in [3.8, 4) is 5.75 Å². The fourth-order valence-corrected chi connectivity index (χ4v) is 2.39. The predicted octanol–water partition coefficient (Wildman–Crippen LogP) is 5.89. The SMILES string of the molecule is FC(F)(F)c1cccc(CCCCCCOc2ccccc2)c1. The lowest BCUT2D eigenvalue weighted by atomic mass is 10.0. The molecule has 0 saturated heterocycles. The van der Waals surface area contributed by atoms with Crippen molar-refractivity contribution < 1.29 is 17.9 Å². The first-order chi connectivity index (χ1) is 11.1. The molecule has 0 fully saturated rings. The smallest absolute Gasteiger partial charge is 0.416 e. The van der Waals surface area contributed by atoms with Gasteiger partial charge in [-0.15, -0.1) is 0 Å². The summed E-state index contributed by atoms with van der Waals surface area (Å²) in [7, 11) is 0. The summed E-state index contributed by atoms with van der Waals surface area (Å²) < 4.78 is 43.5. The van der Waals surface area contributed by atoms with Crippen LogP contribution in [0.25, 0.3) is 0 Å². The minimum absolute atomic E-state index is 0.564. The molecule has 2 rings (SSSR count). The van der Waals surface area contributed by atoms with Gasteiger partial charge in [-0.25, -0.2) is 0 Å². The summed E-state index contributed by atoms with van der Waals surface area (Å²) in [6.07, 6.45) is 0.290. The quantitative estimate of drug-likeness (QED) is 0.551. The van der Waals surface area contributed by atoms with Crippen molar-refractivity contribution in [3.05, 3.63) is 65.7 Å². The van der Waals surface area contributed by atoms with Gasteiger partial charge in [0.2, 0.25) is 0 Å². The van der Waals surface area contributed by atoms with Gasteiger partial charge in [0.05, 0.1) is 12.2 Å². The number of halogens is 3. The lowest BCUT2D eigenvalue weighted by Gasteiger charge is -2.09. The van der Waals surface area contributed by atoms with Crippen molar-refractivity contribution in [2.75, 3.05) is 6.61 Å². The van der Waals surface area contributed by atoms with E-state index in [2.05, 4.69) is 0 Å². The largest absolute Gasteiger partial charge is 0.494 e. The van der Waals surface area contributed by atoms with E-state index >= 15 is 0 Å². The van der Waals surface area contributed by atoms with E-state index in [0.29, 0.717) is 13.0 Å². The molecule has 1 nitrogen and oxygen atoms in total. The summed E-state index contributed by atoms with van der Waals surface area (Å²) >= 11 is 0. The summed E-state index contributed by atoms with van der Waals surface area (Å²) in [5.74, 6) is 0.872. The minimum atomic E-state index is -4.26. The Morgan fingerprint density at radius 1 is 0.783 bits per heavy atom. The summed E-state index contributed by atoms with van der Waals surface area (Å²) in [5, 5.41) is 0. The number of aryl methyl sites for hydroxylation is 1. The van der Waals surface area contributed by atoms with Crippen LogP contribution in [0, 0.1) is 0 Å². The van der Waals surface area contributed by atoms with Gasteiger partial charge in [-0.2, -0.15) is 13.2 Å². The van der Waals surface area contributed by atoms with Crippen LogP contribution in [0.1, 0.15) is 36.8 Å². The van der Waals surface area contributed by atoms with Crippen molar-refractivity contribution in [1.29, 1.82) is 0 Å². The number of hydrogen-bond donors (Lipinski definition) is 0. The average Bonchev–Trinajstić information content (AvgIpc) is 2.54. The second kappa shape index (κ2) is 8.61. The molecule has 0 spiro atoms. The molecule has 0 bridgehead atoms. The molecule has 4 heteroatoms. The van der Waals surface area contributed by atoms with Gasteiger partial charge in [-0.3, -0.25) is 0 Å². The highest BCUT2D eigenvalue weighted by Crippen LogP contribution is 2.29. The van der Waals surface area contributed by atoms with Gasteiger partial charge in [0.15, 0.2) is 0 Å². The van der Waals surface area contributed by atoms with Gasteiger partial charge in [-0.05, 0) is 43.0 Å². The van der Waals surface area contributed by atoms with E-state index in [1.54, 1.807) is 6.07 Å². The van der Waals surface area contributed by atoms with Crippen molar-refractivity contribution >= 4 is 0 Å². The molecule has 0 N–H and O–H groups in total. The molecule has 2 aromatic rings. The third kappa shape index (κ3) is 6.35. The summed E-state index contributed by atoms with van der Waals surface area (Å²) in [5.41, 5.74) is 0.187. The number of unbranched alkanes of at least 4 members (excludes halogenated alkanes) is 3. The monoisotopic (exact) mass is 322 g/mol. The van der Waals surface area contributed by atoms with Crippen molar-refractivity contribution in [2.24, 2.45) is 0 Å². The Morgan fingerprint density at radius 3 is 2.26 bits per heavy atom. The van der Waals surface area contributed by atoms with Gasteiger partial charge in [-0.1, -0.05) is 49.2 Å². The number of ether oxygens (including phenoxy) is 1. The third-order valence-electron chi connectivity index (χ3n) is 3.63. The second-order valence-electron chi connectivity index (χ2n) is 5.52. The molecule has 0 heterocycles. The van der Waals surface area contributed by atoms with E-state index in [-0.39, 0.29) is 0 Å². The molecule has 0 radical (unpaired) electrons. The lowest BCUT2D eigenvalue weighted by Crippen LogP contribution is -2.05.